The number of rotatable bonds is 5. The summed E-state index contributed by atoms with van der Waals surface area (Å²) in [5.41, 5.74) is 3.43. The Balaban J connectivity index is 2.21. The van der Waals surface area contributed by atoms with Gasteiger partial charge in [-0.2, -0.15) is 0 Å². The van der Waals surface area contributed by atoms with Gasteiger partial charge in [-0.15, -0.1) is 0 Å². The Morgan fingerprint density at radius 1 is 1.12 bits per heavy atom. The fourth-order valence-corrected chi connectivity index (χ4v) is 2.76. The molecular formula is C20H19NO3. The fourth-order valence-electron chi connectivity index (χ4n) is 2.76. The number of H-pyrrole nitrogens is 1. The summed E-state index contributed by atoms with van der Waals surface area (Å²) < 4.78 is 10.7. The number of carbonyl (C=O) groups is 1. The summed E-state index contributed by atoms with van der Waals surface area (Å²) in [4.78, 5) is 15.3. The van der Waals surface area contributed by atoms with Crippen LogP contribution < -0.4 is 4.74 Å². The average molecular weight is 321 g/mol. The molecule has 4 nitrogen and oxygen atoms in total. The van der Waals surface area contributed by atoms with Crippen LogP contribution in [0.3, 0.4) is 0 Å². The predicted molar refractivity (Wildman–Crippen MR) is 95.0 cm³/mol. The van der Waals surface area contributed by atoms with Crippen molar-refractivity contribution in [2.24, 2.45) is 0 Å². The zero-order chi connectivity index (χ0) is 16.9. The van der Waals surface area contributed by atoms with Crippen LogP contribution in [0.4, 0.5) is 0 Å². The van der Waals surface area contributed by atoms with E-state index >= 15 is 0 Å². The third-order valence-corrected chi connectivity index (χ3v) is 3.81. The molecule has 4 heteroatoms. The van der Waals surface area contributed by atoms with Crippen LogP contribution in [0.2, 0.25) is 0 Å². The molecule has 0 aliphatic heterocycles. The van der Waals surface area contributed by atoms with Crippen molar-refractivity contribution in [1.29, 1.82) is 0 Å². The molecule has 0 saturated carbocycles. The first-order valence-electron chi connectivity index (χ1n) is 7.83. The van der Waals surface area contributed by atoms with Crippen LogP contribution in [-0.4, -0.2) is 24.7 Å². The average Bonchev–Trinajstić information content (AvgIpc) is 3.08. The number of carbonyl (C=O) groups excluding carboxylic acids is 1. The highest BCUT2D eigenvalue weighted by Gasteiger charge is 2.16. The van der Waals surface area contributed by atoms with E-state index in [-0.39, 0.29) is 5.97 Å². The van der Waals surface area contributed by atoms with Crippen molar-refractivity contribution in [3.63, 3.8) is 0 Å². The quantitative estimate of drug-likeness (QED) is 0.567. The molecule has 3 aromatic rings. The van der Waals surface area contributed by atoms with Crippen molar-refractivity contribution in [3.05, 3.63) is 71.9 Å². The largest absolute Gasteiger partial charge is 0.494 e. The molecule has 122 valence electrons. The molecule has 1 N–H and O–H groups in total. The number of esters is 1. The Bertz CT molecular complexity index is 878. The van der Waals surface area contributed by atoms with Gasteiger partial charge in [-0.05, 0) is 30.2 Å². The Morgan fingerprint density at radius 3 is 2.62 bits per heavy atom. The van der Waals surface area contributed by atoms with Crippen molar-refractivity contribution in [1.82, 2.24) is 4.98 Å². The topological polar surface area (TPSA) is 51.3 Å². The molecule has 0 saturated heterocycles. The SMILES string of the molecule is CCOC(=O)/C=C(/c1ccccc1)c1ccc2cc[nH]c2c1OC. The van der Waals surface area contributed by atoms with Gasteiger partial charge < -0.3 is 14.5 Å². The molecule has 0 radical (unpaired) electrons. The van der Waals surface area contributed by atoms with Crippen LogP contribution in [0.15, 0.2) is 60.8 Å². The maximum atomic E-state index is 12.1. The monoisotopic (exact) mass is 321 g/mol. The molecule has 2 aromatic carbocycles. The Hall–Kier alpha value is -3.01. The first-order chi connectivity index (χ1) is 11.7. The Morgan fingerprint density at radius 2 is 1.92 bits per heavy atom. The second-order valence-electron chi connectivity index (χ2n) is 5.26. The minimum absolute atomic E-state index is 0.338. The molecule has 0 aliphatic carbocycles. The predicted octanol–water partition coefficient (Wildman–Crippen LogP) is 4.17. The first-order valence-corrected chi connectivity index (χ1v) is 7.83. The Kier molecular flexibility index (Phi) is 4.66. The summed E-state index contributed by atoms with van der Waals surface area (Å²) in [6, 6.07) is 15.7. The van der Waals surface area contributed by atoms with Crippen LogP contribution in [0.25, 0.3) is 16.5 Å². The maximum Gasteiger partial charge on any atom is 0.331 e. The van der Waals surface area contributed by atoms with E-state index in [0.717, 1.165) is 27.6 Å². The van der Waals surface area contributed by atoms with Gasteiger partial charge in [-0.1, -0.05) is 36.4 Å². The van der Waals surface area contributed by atoms with Crippen LogP contribution in [-0.2, 0) is 9.53 Å². The summed E-state index contributed by atoms with van der Waals surface area (Å²) in [5, 5.41) is 1.05. The summed E-state index contributed by atoms with van der Waals surface area (Å²) in [6.45, 7) is 2.13. The summed E-state index contributed by atoms with van der Waals surface area (Å²) in [5.74, 6) is 0.335. The summed E-state index contributed by atoms with van der Waals surface area (Å²) in [6.07, 6.45) is 3.39. The highest BCUT2D eigenvalue weighted by atomic mass is 16.5. The number of benzene rings is 2. The number of methoxy groups -OCH3 is 1. The fraction of sp³-hybridized carbons (Fsp3) is 0.150. The highest BCUT2D eigenvalue weighted by molar-refractivity contribution is 6.00. The number of hydrogen-bond acceptors (Lipinski definition) is 3. The molecule has 3 rings (SSSR count). The Labute approximate surface area is 140 Å². The third-order valence-electron chi connectivity index (χ3n) is 3.81. The lowest BCUT2D eigenvalue weighted by molar-refractivity contribution is -0.137. The van der Waals surface area contributed by atoms with E-state index in [2.05, 4.69) is 4.98 Å². The third kappa shape index (κ3) is 3.04. The van der Waals surface area contributed by atoms with E-state index in [1.54, 1.807) is 14.0 Å². The van der Waals surface area contributed by atoms with E-state index < -0.39 is 0 Å². The molecule has 0 unspecified atom stereocenters. The van der Waals surface area contributed by atoms with Gasteiger partial charge in [-0.3, -0.25) is 0 Å². The van der Waals surface area contributed by atoms with Gasteiger partial charge in [0.05, 0.1) is 19.2 Å². The molecule has 24 heavy (non-hydrogen) atoms. The zero-order valence-corrected chi connectivity index (χ0v) is 13.7. The maximum absolute atomic E-state index is 12.1. The van der Waals surface area contributed by atoms with Gasteiger partial charge in [0.2, 0.25) is 0 Å². The molecule has 0 spiro atoms. The zero-order valence-electron chi connectivity index (χ0n) is 13.7. The molecular weight excluding hydrogens is 302 g/mol. The van der Waals surface area contributed by atoms with Gasteiger partial charge in [0.25, 0.3) is 0 Å². The second kappa shape index (κ2) is 7.04. The van der Waals surface area contributed by atoms with Crippen molar-refractivity contribution >= 4 is 22.4 Å². The number of hydrogen-bond donors (Lipinski definition) is 1. The van der Waals surface area contributed by atoms with Crippen LogP contribution in [0.1, 0.15) is 18.1 Å². The minimum atomic E-state index is -0.370. The van der Waals surface area contributed by atoms with Crippen LogP contribution in [0.5, 0.6) is 5.75 Å². The minimum Gasteiger partial charge on any atom is -0.494 e. The lowest BCUT2D eigenvalue weighted by atomic mass is 9.95. The number of aromatic amines is 1. The van der Waals surface area contributed by atoms with Crippen molar-refractivity contribution in [2.75, 3.05) is 13.7 Å². The van der Waals surface area contributed by atoms with E-state index in [4.69, 9.17) is 9.47 Å². The normalized spacial score (nSPS) is 11.5. The van der Waals surface area contributed by atoms with E-state index in [0.29, 0.717) is 12.4 Å². The second-order valence-corrected chi connectivity index (χ2v) is 5.26. The molecule has 1 aromatic heterocycles. The highest BCUT2D eigenvalue weighted by Crippen LogP contribution is 2.36. The van der Waals surface area contributed by atoms with Crippen molar-refractivity contribution < 1.29 is 14.3 Å². The van der Waals surface area contributed by atoms with Crippen molar-refractivity contribution in [2.45, 2.75) is 6.92 Å². The molecule has 1 heterocycles. The molecule has 0 bridgehead atoms. The number of fused-ring (bicyclic) bond motifs is 1. The van der Waals surface area contributed by atoms with Crippen LogP contribution in [0, 0.1) is 0 Å². The molecule has 0 aliphatic rings. The summed E-state index contributed by atoms with van der Waals surface area (Å²) >= 11 is 0. The van der Waals surface area contributed by atoms with Crippen LogP contribution >= 0.6 is 0 Å². The van der Waals surface area contributed by atoms with Gasteiger partial charge in [0.15, 0.2) is 5.75 Å². The number of nitrogens with one attached hydrogen (secondary N) is 1. The van der Waals surface area contributed by atoms with E-state index in [1.165, 1.54) is 6.08 Å². The number of aromatic nitrogens is 1. The van der Waals surface area contributed by atoms with Crippen molar-refractivity contribution in [3.8, 4) is 5.75 Å². The summed E-state index contributed by atoms with van der Waals surface area (Å²) in [7, 11) is 1.63. The molecule has 0 fully saturated rings. The molecule has 0 amide bonds. The lowest BCUT2D eigenvalue weighted by Gasteiger charge is -2.14. The van der Waals surface area contributed by atoms with Gasteiger partial charge in [0.1, 0.15) is 0 Å². The first kappa shape index (κ1) is 15.9. The standard InChI is InChI=1S/C20H19NO3/c1-3-24-18(22)13-17(14-7-5-4-6-8-14)16-10-9-15-11-12-21-19(15)20(16)23-2/h4-13,21H,3H2,1-2H3/b17-13-. The smallest absolute Gasteiger partial charge is 0.331 e. The van der Waals surface area contributed by atoms with Gasteiger partial charge >= 0.3 is 5.97 Å². The van der Waals surface area contributed by atoms with Gasteiger partial charge in [0, 0.05) is 23.2 Å². The van der Waals surface area contributed by atoms with E-state index in [1.807, 2.05) is 54.7 Å². The lowest BCUT2D eigenvalue weighted by Crippen LogP contribution is -2.03. The van der Waals surface area contributed by atoms with Gasteiger partial charge in [-0.25, -0.2) is 4.79 Å². The molecule has 0 atom stereocenters. The number of ether oxygens (including phenoxy) is 2. The van der Waals surface area contributed by atoms with E-state index in [9.17, 15) is 4.79 Å².